The third kappa shape index (κ3) is 1.96. The fourth-order valence-electron chi connectivity index (χ4n) is 2.22. The first-order valence-corrected chi connectivity index (χ1v) is 5.98. The Balaban J connectivity index is 2.08. The Morgan fingerprint density at radius 3 is 2.88 bits per heavy atom. The molecule has 0 amide bonds. The van der Waals surface area contributed by atoms with Gasteiger partial charge >= 0.3 is 0 Å². The van der Waals surface area contributed by atoms with E-state index < -0.39 is 0 Å². The Bertz CT molecular complexity index is 520. The van der Waals surface area contributed by atoms with Crippen LogP contribution in [0.1, 0.15) is 12.8 Å². The summed E-state index contributed by atoms with van der Waals surface area (Å²) in [6, 6.07) is 8.57. The number of aromatic nitrogens is 2. The van der Waals surface area contributed by atoms with Gasteiger partial charge in [-0.3, -0.25) is 0 Å². The van der Waals surface area contributed by atoms with E-state index in [9.17, 15) is 0 Å². The highest BCUT2D eigenvalue weighted by molar-refractivity contribution is 5.91. The molecule has 0 atom stereocenters. The van der Waals surface area contributed by atoms with Gasteiger partial charge in [0.1, 0.15) is 0 Å². The van der Waals surface area contributed by atoms with Crippen LogP contribution < -0.4 is 4.90 Å². The molecule has 0 unspecified atom stereocenters. The van der Waals surface area contributed by atoms with E-state index in [1.165, 1.54) is 12.8 Å². The zero-order valence-corrected chi connectivity index (χ0v) is 9.58. The number of anilines is 1. The average Bonchev–Trinajstić information content (AvgIpc) is 3.20. The molecule has 1 aliphatic rings. The summed E-state index contributed by atoms with van der Waals surface area (Å²) >= 11 is 0. The van der Waals surface area contributed by atoms with Gasteiger partial charge in [-0.2, -0.15) is 10.2 Å². The summed E-state index contributed by atoms with van der Waals surface area (Å²) in [6.07, 6.45) is 4.21. The Morgan fingerprint density at radius 2 is 2.12 bits per heavy atom. The molecule has 1 aromatic carbocycles. The first kappa shape index (κ1) is 10.5. The maximum atomic E-state index is 9.17. The van der Waals surface area contributed by atoms with Crippen LogP contribution in [0.3, 0.4) is 0 Å². The predicted octanol–water partition coefficient (Wildman–Crippen LogP) is 1.59. The summed E-state index contributed by atoms with van der Waals surface area (Å²) in [4.78, 5) is 2.25. The van der Waals surface area contributed by atoms with Crippen molar-refractivity contribution >= 4 is 16.6 Å². The molecule has 2 aromatic rings. The molecule has 1 saturated carbocycles. The number of aliphatic hydroxyl groups is 1. The second-order valence-corrected chi connectivity index (χ2v) is 4.40. The lowest BCUT2D eigenvalue weighted by atomic mass is 10.2. The topological polar surface area (TPSA) is 49.2 Å². The molecule has 0 spiro atoms. The number of hydrogen-bond donors (Lipinski definition) is 1. The van der Waals surface area contributed by atoms with Crippen LogP contribution in [0.4, 0.5) is 5.69 Å². The van der Waals surface area contributed by atoms with Gasteiger partial charge in [0.2, 0.25) is 0 Å². The van der Waals surface area contributed by atoms with Gasteiger partial charge < -0.3 is 10.0 Å². The zero-order chi connectivity index (χ0) is 11.7. The summed E-state index contributed by atoms with van der Waals surface area (Å²) in [5.74, 6) is 0. The van der Waals surface area contributed by atoms with E-state index in [4.69, 9.17) is 5.11 Å². The summed E-state index contributed by atoms with van der Waals surface area (Å²) in [7, 11) is 0. The minimum Gasteiger partial charge on any atom is -0.395 e. The third-order valence-electron chi connectivity index (χ3n) is 3.16. The third-order valence-corrected chi connectivity index (χ3v) is 3.16. The highest BCUT2D eigenvalue weighted by Crippen LogP contribution is 2.34. The number of hydrogen-bond acceptors (Lipinski definition) is 4. The maximum absolute atomic E-state index is 9.17. The molecule has 0 aliphatic heterocycles. The van der Waals surface area contributed by atoms with E-state index in [0.29, 0.717) is 12.6 Å². The van der Waals surface area contributed by atoms with Gasteiger partial charge in [-0.25, -0.2) is 0 Å². The van der Waals surface area contributed by atoms with E-state index in [1.807, 2.05) is 18.2 Å². The highest BCUT2D eigenvalue weighted by Gasteiger charge is 2.29. The van der Waals surface area contributed by atoms with Crippen molar-refractivity contribution in [2.45, 2.75) is 18.9 Å². The van der Waals surface area contributed by atoms with Gasteiger partial charge in [0.25, 0.3) is 0 Å². The van der Waals surface area contributed by atoms with E-state index in [-0.39, 0.29) is 6.61 Å². The number of aliphatic hydroxyl groups excluding tert-OH is 1. The largest absolute Gasteiger partial charge is 0.395 e. The second-order valence-electron chi connectivity index (χ2n) is 4.40. The Kier molecular flexibility index (Phi) is 2.65. The molecule has 0 bridgehead atoms. The van der Waals surface area contributed by atoms with Crippen molar-refractivity contribution in [2.75, 3.05) is 18.1 Å². The minimum atomic E-state index is 0.174. The highest BCUT2D eigenvalue weighted by atomic mass is 16.3. The predicted molar refractivity (Wildman–Crippen MR) is 67.0 cm³/mol. The number of benzene rings is 1. The molecule has 3 rings (SSSR count). The monoisotopic (exact) mass is 229 g/mol. The van der Waals surface area contributed by atoms with Gasteiger partial charge in [0.05, 0.1) is 24.0 Å². The minimum absolute atomic E-state index is 0.174. The van der Waals surface area contributed by atoms with Gasteiger partial charge in [0.15, 0.2) is 0 Å². The number of fused-ring (bicyclic) bond motifs is 1. The van der Waals surface area contributed by atoms with Crippen molar-refractivity contribution in [3.63, 3.8) is 0 Å². The molecule has 1 heterocycles. The number of rotatable bonds is 4. The van der Waals surface area contributed by atoms with Gasteiger partial charge in [-0.05, 0) is 18.9 Å². The van der Waals surface area contributed by atoms with Crippen LogP contribution in [0.5, 0.6) is 0 Å². The molecule has 1 aromatic heterocycles. The Labute approximate surface area is 99.9 Å². The summed E-state index contributed by atoms with van der Waals surface area (Å²) in [5.41, 5.74) is 2.00. The van der Waals surface area contributed by atoms with E-state index in [2.05, 4.69) is 21.2 Å². The SMILES string of the molecule is OCCN(c1cnnc2ccccc12)C1CC1. The van der Waals surface area contributed by atoms with Crippen molar-refractivity contribution in [3.8, 4) is 0 Å². The van der Waals surface area contributed by atoms with E-state index >= 15 is 0 Å². The molecular formula is C13H15N3O. The van der Waals surface area contributed by atoms with Crippen molar-refractivity contribution in [3.05, 3.63) is 30.5 Å². The van der Waals surface area contributed by atoms with Crippen molar-refractivity contribution in [1.82, 2.24) is 10.2 Å². The Morgan fingerprint density at radius 1 is 1.29 bits per heavy atom. The quantitative estimate of drug-likeness (QED) is 0.865. The lowest BCUT2D eigenvalue weighted by molar-refractivity contribution is 0.301. The van der Waals surface area contributed by atoms with Crippen molar-refractivity contribution in [2.24, 2.45) is 0 Å². The summed E-state index contributed by atoms with van der Waals surface area (Å²) < 4.78 is 0. The zero-order valence-electron chi connectivity index (χ0n) is 9.58. The molecule has 0 radical (unpaired) electrons. The molecule has 1 aliphatic carbocycles. The molecule has 1 fully saturated rings. The van der Waals surface area contributed by atoms with E-state index in [1.54, 1.807) is 6.20 Å². The second kappa shape index (κ2) is 4.30. The maximum Gasteiger partial charge on any atom is 0.0950 e. The van der Waals surface area contributed by atoms with Crippen LogP contribution in [0.25, 0.3) is 10.9 Å². The van der Waals surface area contributed by atoms with Gasteiger partial charge in [-0.15, -0.1) is 0 Å². The molecule has 1 N–H and O–H groups in total. The Hall–Kier alpha value is -1.68. The fraction of sp³-hybridized carbons (Fsp3) is 0.385. The van der Waals surface area contributed by atoms with Gasteiger partial charge in [0, 0.05) is 18.0 Å². The summed E-state index contributed by atoms with van der Waals surface area (Å²) in [6.45, 7) is 0.841. The van der Waals surface area contributed by atoms with Crippen LogP contribution in [0, 0.1) is 0 Å². The van der Waals surface area contributed by atoms with Crippen LogP contribution in [-0.4, -0.2) is 34.5 Å². The standard InChI is InChI=1S/C13H15N3O/c17-8-7-16(10-5-6-10)13-9-14-15-12-4-2-1-3-11(12)13/h1-4,9-10,17H,5-8H2. The van der Waals surface area contributed by atoms with Crippen LogP contribution >= 0.6 is 0 Å². The average molecular weight is 229 g/mol. The lowest BCUT2D eigenvalue weighted by Gasteiger charge is -2.24. The molecule has 0 saturated heterocycles. The van der Waals surface area contributed by atoms with Crippen LogP contribution in [-0.2, 0) is 0 Å². The molecule has 88 valence electrons. The summed E-state index contributed by atoms with van der Waals surface area (Å²) in [5, 5.41) is 18.5. The first-order valence-electron chi connectivity index (χ1n) is 5.98. The molecule has 17 heavy (non-hydrogen) atoms. The van der Waals surface area contributed by atoms with Gasteiger partial charge in [-0.1, -0.05) is 18.2 Å². The molecule has 4 heteroatoms. The van der Waals surface area contributed by atoms with Crippen molar-refractivity contribution in [1.29, 1.82) is 0 Å². The smallest absolute Gasteiger partial charge is 0.0950 e. The molecular weight excluding hydrogens is 214 g/mol. The lowest BCUT2D eigenvalue weighted by Crippen LogP contribution is -2.29. The number of nitrogens with zero attached hydrogens (tertiary/aromatic N) is 3. The van der Waals surface area contributed by atoms with Crippen LogP contribution in [0.2, 0.25) is 0 Å². The normalized spacial score (nSPS) is 15.1. The van der Waals surface area contributed by atoms with Crippen LogP contribution in [0.15, 0.2) is 30.5 Å². The fourth-order valence-corrected chi connectivity index (χ4v) is 2.22. The van der Waals surface area contributed by atoms with Crippen molar-refractivity contribution < 1.29 is 5.11 Å². The molecule has 4 nitrogen and oxygen atoms in total. The van der Waals surface area contributed by atoms with E-state index in [0.717, 1.165) is 16.6 Å². The first-order chi connectivity index (χ1) is 8.40.